The second-order valence-electron chi connectivity index (χ2n) is 3.18. The molecule has 0 bridgehead atoms. The third-order valence-corrected chi connectivity index (χ3v) is 3.02. The molecular weight excluding hydrogens is 246 g/mol. The van der Waals surface area contributed by atoms with Gasteiger partial charge < -0.3 is 9.84 Å². The Labute approximate surface area is 102 Å². The van der Waals surface area contributed by atoms with Gasteiger partial charge in [-0.2, -0.15) is 0 Å². The molecule has 0 fully saturated rings. The van der Waals surface area contributed by atoms with Gasteiger partial charge in [-0.3, -0.25) is 0 Å². The maximum absolute atomic E-state index is 8.84. The first-order valence-electron chi connectivity index (χ1n) is 4.70. The zero-order valence-electron chi connectivity index (χ0n) is 8.39. The lowest BCUT2D eigenvalue weighted by Gasteiger charge is -2.02. The molecule has 1 heterocycles. The molecule has 2 rings (SSSR count). The van der Waals surface area contributed by atoms with Crippen molar-refractivity contribution in [3.05, 3.63) is 45.9 Å². The summed E-state index contributed by atoms with van der Waals surface area (Å²) in [5, 5.41) is 11.9. The maximum Gasteiger partial charge on any atom is 0.273 e. The molecular formula is C11H10ClNO2S. The molecule has 0 aliphatic carbocycles. The van der Waals surface area contributed by atoms with Crippen LogP contribution in [0.4, 0.5) is 0 Å². The summed E-state index contributed by atoms with van der Waals surface area (Å²) in [6.45, 7) is 0.399. The highest BCUT2D eigenvalue weighted by Gasteiger charge is 2.02. The molecule has 0 amide bonds. The minimum Gasteiger partial charge on any atom is -0.465 e. The SMILES string of the molecule is OCc1csc(OCc2ccc(Cl)cc2)n1. The zero-order valence-corrected chi connectivity index (χ0v) is 9.96. The molecule has 1 N–H and O–H groups in total. The molecule has 16 heavy (non-hydrogen) atoms. The van der Waals surface area contributed by atoms with Gasteiger partial charge in [0.05, 0.1) is 12.3 Å². The van der Waals surface area contributed by atoms with Crippen LogP contribution < -0.4 is 4.74 Å². The van der Waals surface area contributed by atoms with Crippen LogP contribution in [0.25, 0.3) is 0 Å². The second kappa shape index (κ2) is 5.30. The van der Waals surface area contributed by atoms with Crippen molar-refractivity contribution in [1.82, 2.24) is 4.98 Å². The molecule has 0 unspecified atom stereocenters. The molecule has 2 aromatic rings. The van der Waals surface area contributed by atoms with Crippen LogP contribution in [0.1, 0.15) is 11.3 Å². The minimum absolute atomic E-state index is 0.0548. The average Bonchev–Trinajstić information content (AvgIpc) is 2.76. The molecule has 0 saturated heterocycles. The first kappa shape index (κ1) is 11.4. The van der Waals surface area contributed by atoms with E-state index in [0.29, 0.717) is 22.5 Å². The van der Waals surface area contributed by atoms with Gasteiger partial charge in [0.2, 0.25) is 0 Å². The Hall–Kier alpha value is -1.10. The van der Waals surface area contributed by atoms with Gasteiger partial charge in [-0.15, -0.1) is 0 Å². The van der Waals surface area contributed by atoms with Crippen molar-refractivity contribution < 1.29 is 9.84 Å². The first-order valence-corrected chi connectivity index (χ1v) is 5.96. The number of aromatic nitrogens is 1. The zero-order chi connectivity index (χ0) is 11.4. The fraction of sp³-hybridized carbons (Fsp3) is 0.182. The van der Waals surface area contributed by atoms with Gasteiger partial charge in [0.15, 0.2) is 0 Å². The van der Waals surface area contributed by atoms with Crippen LogP contribution in [0.2, 0.25) is 5.02 Å². The molecule has 84 valence electrons. The third-order valence-electron chi connectivity index (χ3n) is 1.97. The smallest absolute Gasteiger partial charge is 0.273 e. The van der Waals surface area contributed by atoms with Crippen molar-refractivity contribution >= 4 is 22.9 Å². The standard InChI is InChI=1S/C11H10ClNO2S/c12-9-3-1-8(2-4-9)6-15-11-13-10(5-14)7-16-11/h1-4,7,14H,5-6H2. The van der Waals surface area contributed by atoms with Gasteiger partial charge in [0.25, 0.3) is 5.19 Å². The third kappa shape index (κ3) is 2.95. The quantitative estimate of drug-likeness (QED) is 0.914. The van der Waals surface area contributed by atoms with Crippen molar-refractivity contribution in [2.24, 2.45) is 0 Å². The molecule has 0 saturated carbocycles. The average molecular weight is 256 g/mol. The van der Waals surface area contributed by atoms with Crippen molar-refractivity contribution in [1.29, 1.82) is 0 Å². The van der Waals surface area contributed by atoms with Crippen LogP contribution in [-0.2, 0) is 13.2 Å². The van der Waals surface area contributed by atoms with E-state index in [0.717, 1.165) is 5.56 Å². The molecule has 0 aliphatic rings. The number of aliphatic hydroxyl groups is 1. The largest absolute Gasteiger partial charge is 0.465 e. The van der Waals surface area contributed by atoms with Crippen LogP contribution in [-0.4, -0.2) is 10.1 Å². The van der Waals surface area contributed by atoms with Crippen LogP contribution >= 0.6 is 22.9 Å². The number of halogens is 1. The first-order chi connectivity index (χ1) is 7.78. The number of nitrogens with zero attached hydrogens (tertiary/aromatic N) is 1. The summed E-state index contributed by atoms with van der Waals surface area (Å²) >= 11 is 7.15. The minimum atomic E-state index is -0.0548. The molecule has 1 aromatic carbocycles. The monoisotopic (exact) mass is 255 g/mol. The topological polar surface area (TPSA) is 42.4 Å². The van der Waals surface area contributed by atoms with E-state index < -0.39 is 0 Å². The van der Waals surface area contributed by atoms with Gasteiger partial charge >= 0.3 is 0 Å². The van der Waals surface area contributed by atoms with Gasteiger partial charge in [-0.1, -0.05) is 35.1 Å². The summed E-state index contributed by atoms with van der Waals surface area (Å²) < 4.78 is 5.47. The molecule has 5 heteroatoms. The van der Waals surface area contributed by atoms with E-state index in [9.17, 15) is 0 Å². The van der Waals surface area contributed by atoms with E-state index in [1.165, 1.54) is 11.3 Å². The number of thiazole rings is 1. The Morgan fingerprint density at radius 3 is 2.69 bits per heavy atom. The van der Waals surface area contributed by atoms with E-state index in [1.807, 2.05) is 24.3 Å². The van der Waals surface area contributed by atoms with Crippen molar-refractivity contribution in [2.75, 3.05) is 0 Å². The lowest BCUT2D eigenvalue weighted by Crippen LogP contribution is -1.95. The highest BCUT2D eigenvalue weighted by molar-refractivity contribution is 7.11. The van der Waals surface area contributed by atoms with E-state index >= 15 is 0 Å². The summed E-state index contributed by atoms with van der Waals surface area (Å²) in [6.07, 6.45) is 0. The normalized spacial score (nSPS) is 10.4. The molecule has 0 atom stereocenters. The molecule has 0 spiro atoms. The van der Waals surface area contributed by atoms with Crippen LogP contribution in [0.5, 0.6) is 5.19 Å². The number of ether oxygens (including phenoxy) is 1. The predicted molar refractivity (Wildman–Crippen MR) is 63.8 cm³/mol. The van der Waals surface area contributed by atoms with E-state index in [1.54, 1.807) is 5.38 Å². The lowest BCUT2D eigenvalue weighted by molar-refractivity contribution is 0.271. The summed E-state index contributed by atoms with van der Waals surface area (Å²) in [6, 6.07) is 7.45. The number of aliphatic hydroxyl groups excluding tert-OH is 1. The Morgan fingerprint density at radius 2 is 2.06 bits per heavy atom. The van der Waals surface area contributed by atoms with Crippen molar-refractivity contribution in [2.45, 2.75) is 13.2 Å². The molecule has 1 aromatic heterocycles. The molecule has 3 nitrogen and oxygen atoms in total. The fourth-order valence-electron chi connectivity index (χ4n) is 1.15. The number of benzene rings is 1. The fourth-order valence-corrected chi connectivity index (χ4v) is 1.94. The van der Waals surface area contributed by atoms with E-state index in [-0.39, 0.29) is 6.61 Å². The summed E-state index contributed by atoms with van der Waals surface area (Å²) in [4.78, 5) is 4.08. The predicted octanol–water partition coefficient (Wildman–Crippen LogP) is 2.87. The summed E-state index contributed by atoms with van der Waals surface area (Å²) in [7, 11) is 0. The van der Waals surface area contributed by atoms with Gasteiger partial charge in [-0.05, 0) is 17.7 Å². The molecule has 0 aliphatic heterocycles. The Kier molecular flexibility index (Phi) is 3.77. The van der Waals surface area contributed by atoms with Crippen LogP contribution in [0.15, 0.2) is 29.6 Å². The number of hydrogen-bond donors (Lipinski definition) is 1. The summed E-state index contributed by atoms with van der Waals surface area (Å²) in [5.74, 6) is 0. The lowest BCUT2D eigenvalue weighted by atomic mass is 10.2. The summed E-state index contributed by atoms with van der Waals surface area (Å²) in [5.41, 5.74) is 1.67. The second-order valence-corrected chi connectivity index (χ2v) is 4.44. The van der Waals surface area contributed by atoms with Crippen LogP contribution in [0.3, 0.4) is 0 Å². The maximum atomic E-state index is 8.84. The van der Waals surface area contributed by atoms with Crippen molar-refractivity contribution in [3.8, 4) is 5.19 Å². The number of hydrogen-bond acceptors (Lipinski definition) is 4. The van der Waals surface area contributed by atoms with E-state index in [4.69, 9.17) is 21.4 Å². The number of rotatable bonds is 4. The van der Waals surface area contributed by atoms with E-state index in [2.05, 4.69) is 4.98 Å². The Morgan fingerprint density at radius 1 is 1.31 bits per heavy atom. The van der Waals surface area contributed by atoms with Gasteiger partial charge in [0, 0.05) is 10.4 Å². The Balaban J connectivity index is 1.94. The van der Waals surface area contributed by atoms with Crippen molar-refractivity contribution in [3.63, 3.8) is 0 Å². The molecule has 0 radical (unpaired) electrons. The van der Waals surface area contributed by atoms with Crippen LogP contribution in [0, 0.1) is 0 Å². The Bertz CT molecular complexity index is 455. The highest BCUT2D eigenvalue weighted by Crippen LogP contribution is 2.19. The van der Waals surface area contributed by atoms with Gasteiger partial charge in [0.1, 0.15) is 6.61 Å². The van der Waals surface area contributed by atoms with Gasteiger partial charge in [-0.25, -0.2) is 4.98 Å². The highest BCUT2D eigenvalue weighted by atomic mass is 35.5.